The van der Waals surface area contributed by atoms with E-state index in [0.29, 0.717) is 17.1 Å². The molecule has 0 atom stereocenters. The third kappa shape index (κ3) is 4.86. The highest BCUT2D eigenvalue weighted by molar-refractivity contribution is 7.92. The van der Waals surface area contributed by atoms with E-state index in [2.05, 4.69) is 0 Å². The highest BCUT2D eigenvalue weighted by Crippen LogP contribution is 2.23. The van der Waals surface area contributed by atoms with E-state index in [1.807, 2.05) is 0 Å². The van der Waals surface area contributed by atoms with Crippen LogP contribution in [0.25, 0.3) is 0 Å². The molecule has 0 heterocycles. The molecule has 0 saturated heterocycles. The molecular weight excluding hydrogens is 310 g/mol. The van der Waals surface area contributed by atoms with Gasteiger partial charge in [-0.25, -0.2) is 8.42 Å². The van der Waals surface area contributed by atoms with E-state index in [1.54, 1.807) is 39.0 Å². The normalized spacial score (nSPS) is 12.0. The first-order chi connectivity index (χ1) is 9.56. The zero-order valence-corrected chi connectivity index (χ0v) is 14.3. The van der Waals surface area contributed by atoms with Crippen molar-refractivity contribution in [2.24, 2.45) is 5.73 Å². The van der Waals surface area contributed by atoms with Gasteiger partial charge in [-0.15, -0.1) is 0 Å². The number of rotatable bonds is 6. The molecule has 0 aliphatic carbocycles. The monoisotopic (exact) mass is 331 g/mol. The molecular formula is C14H21NO4S2. The molecule has 2 N–H and O–H groups in total. The molecule has 0 fully saturated rings. The average molecular weight is 331 g/mol. The Morgan fingerprint density at radius 1 is 1.24 bits per heavy atom. The van der Waals surface area contributed by atoms with E-state index in [4.69, 9.17) is 27.4 Å². The molecule has 1 aromatic rings. The maximum atomic E-state index is 12.0. The maximum absolute atomic E-state index is 12.0. The summed E-state index contributed by atoms with van der Waals surface area (Å²) in [5, 5.41) is 0. The van der Waals surface area contributed by atoms with Gasteiger partial charge in [0.15, 0.2) is 9.84 Å². The van der Waals surface area contributed by atoms with Crippen molar-refractivity contribution in [1.82, 2.24) is 0 Å². The number of thiocarbonyl (C=S) groups is 1. The molecule has 0 amide bonds. The Bertz CT molecular complexity index is 618. The third-order valence-corrected chi connectivity index (χ3v) is 5.76. The van der Waals surface area contributed by atoms with E-state index in [0.717, 1.165) is 0 Å². The summed E-state index contributed by atoms with van der Waals surface area (Å²) >= 11 is 4.92. The molecule has 0 aliphatic heterocycles. The maximum Gasteiger partial charge on any atom is 0.158 e. The van der Waals surface area contributed by atoms with Gasteiger partial charge in [0.2, 0.25) is 0 Å². The molecule has 118 valence electrons. The number of benzene rings is 1. The fourth-order valence-corrected chi connectivity index (χ4v) is 2.52. The largest absolute Gasteiger partial charge is 0.497 e. The molecule has 21 heavy (non-hydrogen) atoms. The Hall–Kier alpha value is -1.34. The fourth-order valence-electron chi connectivity index (χ4n) is 1.49. The Kier molecular flexibility index (Phi) is 5.58. The Morgan fingerprint density at radius 3 is 2.29 bits per heavy atom. The fraction of sp³-hybridized carbons (Fsp3) is 0.500. The zero-order valence-electron chi connectivity index (χ0n) is 12.7. The van der Waals surface area contributed by atoms with Crippen LogP contribution in [0.15, 0.2) is 18.2 Å². The highest BCUT2D eigenvalue weighted by Gasteiger charge is 2.28. The van der Waals surface area contributed by atoms with Crippen molar-refractivity contribution >= 4 is 27.0 Å². The van der Waals surface area contributed by atoms with Gasteiger partial charge in [-0.05, 0) is 32.9 Å². The van der Waals surface area contributed by atoms with Gasteiger partial charge in [0.1, 0.15) is 23.1 Å². The first-order valence-electron chi connectivity index (χ1n) is 6.41. The third-order valence-electron chi connectivity index (χ3n) is 2.95. The van der Waals surface area contributed by atoms with E-state index in [1.165, 1.54) is 7.11 Å². The Labute approximate surface area is 131 Å². The first kappa shape index (κ1) is 17.7. The van der Waals surface area contributed by atoms with Gasteiger partial charge in [0.25, 0.3) is 0 Å². The molecule has 0 aromatic heterocycles. The van der Waals surface area contributed by atoms with Gasteiger partial charge in [-0.2, -0.15) is 0 Å². The topological polar surface area (TPSA) is 78.6 Å². The van der Waals surface area contributed by atoms with Crippen LogP contribution in [0, 0.1) is 0 Å². The summed E-state index contributed by atoms with van der Waals surface area (Å²) in [6.45, 7) is 5.06. The van der Waals surface area contributed by atoms with Crippen LogP contribution in [-0.4, -0.2) is 37.6 Å². The summed E-state index contributed by atoms with van der Waals surface area (Å²) in [5.74, 6) is 0.964. The quantitative estimate of drug-likeness (QED) is 0.802. The summed E-state index contributed by atoms with van der Waals surface area (Å²) in [6, 6.07) is 5.02. The second-order valence-electron chi connectivity index (χ2n) is 5.54. The number of hydrogen-bond acceptors (Lipinski definition) is 5. The molecule has 0 spiro atoms. The second kappa shape index (κ2) is 6.62. The molecule has 1 aromatic carbocycles. The first-order valence-corrected chi connectivity index (χ1v) is 8.47. The van der Waals surface area contributed by atoms with Crippen molar-refractivity contribution in [3.05, 3.63) is 23.8 Å². The minimum absolute atomic E-state index is 0.0591. The number of ether oxygens (including phenoxy) is 2. The summed E-state index contributed by atoms with van der Waals surface area (Å²) in [7, 11) is -1.70. The second-order valence-corrected chi connectivity index (χ2v) is 8.84. The van der Waals surface area contributed by atoms with E-state index >= 15 is 0 Å². The molecule has 5 nitrogen and oxygen atoms in total. The van der Waals surface area contributed by atoms with Crippen molar-refractivity contribution < 1.29 is 17.9 Å². The van der Waals surface area contributed by atoms with E-state index in [-0.39, 0.29) is 17.3 Å². The summed E-state index contributed by atoms with van der Waals surface area (Å²) < 4.78 is 33.8. The number of methoxy groups -OCH3 is 1. The van der Waals surface area contributed by atoms with Crippen molar-refractivity contribution in [1.29, 1.82) is 0 Å². The minimum Gasteiger partial charge on any atom is -0.497 e. The predicted octanol–water partition coefficient (Wildman–Crippen LogP) is 1.92. The standard InChI is InChI=1S/C14H21NO4S2/c1-14(2,3)21(16,17)6-5-19-12-8-10(13(15)20)7-11(9-12)18-4/h7-9H,5-6H2,1-4H3,(H2,15,20). The van der Waals surface area contributed by atoms with Crippen molar-refractivity contribution in [3.8, 4) is 11.5 Å². The van der Waals surface area contributed by atoms with E-state index < -0.39 is 14.6 Å². The van der Waals surface area contributed by atoms with Crippen LogP contribution in [0.3, 0.4) is 0 Å². The summed E-state index contributed by atoms with van der Waals surface area (Å²) in [6.07, 6.45) is 0. The van der Waals surface area contributed by atoms with Gasteiger partial charge in [0, 0.05) is 11.6 Å². The van der Waals surface area contributed by atoms with Crippen LogP contribution in [0.4, 0.5) is 0 Å². The molecule has 0 radical (unpaired) electrons. The lowest BCUT2D eigenvalue weighted by Crippen LogP contribution is -2.32. The van der Waals surface area contributed by atoms with Crippen molar-refractivity contribution in [2.45, 2.75) is 25.5 Å². The van der Waals surface area contributed by atoms with Crippen LogP contribution in [0.1, 0.15) is 26.3 Å². The minimum atomic E-state index is -3.22. The van der Waals surface area contributed by atoms with Crippen molar-refractivity contribution in [2.75, 3.05) is 19.5 Å². The van der Waals surface area contributed by atoms with Crippen LogP contribution >= 0.6 is 12.2 Å². The van der Waals surface area contributed by atoms with Gasteiger partial charge in [0.05, 0.1) is 17.6 Å². The molecule has 7 heteroatoms. The lowest BCUT2D eigenvalue weighted by atomic mass is 10.2. The van der Waals surface area contributed by atoms with Gasteiger partial charge in [-0.1, -0.05) is 12.2 Å². The molecule has 1 rings (SSSR count). The van der Waals surface area contributed by atoms with E-state index in [9.17, 15) is 8.42 Å². The summed E-state index contributed by atoms with van der Waals surface area (Å²) in [4.78, 5) is 0.223. The molecule has 0 unspecified atom stereocenters. The lowest BCUT2D eigenvalue weighted by molar-refractivity contribution is 0.335. The lowest BCUT2D eigenvalue weighted by Gasteiger charge is -2.19. The highest BCUT2D eigenvalue weighted by atomic mass is 32.2. The SMILES string of the molecule is COc1cc(OCCS(=O)(=O)C(C)(C)C)cc(C(N)=S)c1. The molecule has 0 aliphatic rings. The molecule has 0 bridgehead atoms. The summed E-state index contributed by atoms with van der Waals surface area (Å²) in [5.41, 5.74) is 6.19. The van der Waals surface area contributed by atoms with Crippen LogP contribution in [-0.2, 0) is 9.84 Å². The smallest absolute Gasteiger partial charge is 0.158 e. The average Bonchev–Trinajstić information content (AvgIpc) is 2.36. The van der Waals surface area contributed by atoms with Gasteiger partial charge >= 0.3 is 0 Å². The van der Waals surface area contributed by atoms with Gasteiger partial charge < -0.3 is 15.2 Å². The molecule has 0 saturated carbocycles. The van der Waals surface area contributed by atoms with Crippen LogP contribution in [0.5, 0.6) is 11.5 Å². The van der Waals surface area contributed by atoms with Crippen LogP contribution < -0.4 is 15.2 Å². The van der Waals surface area contributed by atoms with Gasteiger partial charge in [-0.3, -0.25) is 0 Å². The Morgan fingerprint density at radius 2 is 1.81 bits per heavy atom. The predicted molar refractivity (Wildman–Crippen MR) is 87.9 cm³/mol. The zero-order chi connectivity index (χ0) is 16.3. The number of sulfone groups is 1. The van der Waals surface area contributed by atoms with Crippen molar-refractivity contribution in [3.63, 3.8) is 0 Å². The number of hydrogen-bond donors (Lipinski definition) is 1. The van der Waals surface area contributed by atoms with Crippen LogP contribution in [0.2, 0.25) is 0 Å². The number of nitrogens with two attached hydrogens (primary N) is 1. The Balaban J connectivity index is 2.81.